The number of hydrogen-bond acceptors (Lipinski definition) is 4. The van der Waals surface area contributed by atoms with Gasteiger partial charge < -0.3 is 15.0 Å². The van der Waals surface area contributed by atoms with Gasteiger partial charge in [0.25, 0.3) is 0 Å². The van der Waals surface area contributed by atoms with Gasteiger partial charge in [0.15, 0.2) is 0 Å². The van der Waals surface area contributed by atoms with Gasteiger partial charge in [0.05, 0.1) is 24.0 Å². The molecular formula is C16H19N5OS. The minimum Gasteiger partial charge on any atom is -0.332 e. The van der Waals surface area contributed by atoms with Crippen molar-refractivity contribution < 1.29 is 4.79 Å². The Morgan fingerprint density at radius 3 is 2.96 bits per heavy atom. The summed E-state index contributed by atoms with van der Waals surface area (Å²) in [6.45, 7) is 6.30. The first kappa shape index (κ1) is 15.5. The number of imidazole rings is 1. The lowest BCUT2D eigenvalue weighted by molar-refractivity contribution is 0.237. The van der Waals surface area contributed by atoms with Gasteiger partial charge in [-0.25, -0.2) is 14.8 Å². The van der Waals surface area contributed by atoms with Gasteiger partial charge >= 0.3 is 6.03 Å². The van der Waals surface area contributed by atoms with Crippen LogP contribution in [0.1, 0.15) is 34.2 Å². The molecule has 3 heterocycles. The predicted octanol–water partition coefficient (Wildman–Crippen LogP) is 2.97. The summed E-state index contributed by atoms with van der Waals surface area (Å²) in [6, 6.07) is 5.52. The average Bonchev–Trinajstić information content (AvgIpc) is 3.08. The van der Waals surface area contributed by atoms with E-state index < -0.39 is 0 Å². The predicted molar refractivity (Wildman–Crippen MR) is 90.6 cm³/mol. The van der Waals surface area contributed by atoms with E-state index in [-0.39, 0.29) is 12.1 Å². The quantitative estimate of drug-likeness (QED) is 0.773. The van der Waals surface area contributed by atoms with Gasteiger partial charge in [-0.15, -0.1) is 11.3 Å². The number of pyridine rings is 1. The third kappa shape index (κ3) is 3.34. The maximum absolute atomic E-state index is 12.1. The van der Waals surface area contributed by atoms with Gasteiger partial charge in [-0.1, -0.05) is 6.07 Å². The van der Waals surface area contributed by atoms with E-state index in [4.69, 9.17) is 0 Å². The van der Waals surface area contributed by atoms with E-state index in [1.165, 1.54) is 0 Å². The van der Waals surface area contributed by atoms with Crippen LogP contribution in [-0.2, 0) is 6.54 Å². The minimum atomic E-state index is -0.212. The van der Waals surface area contributed by atoms with Gasteiger partial charge in [-0.3, -0.25) is 0 Å². The van der Waals surface area contributed by atoms with E-state index in [1.807, 2.05) is 55.8 Å². The molecule has 0 aliphatic rings. The highest BCUT2D eigenvalue weighted by Crippen LogP contribution is 2.18. The molecule has 3 aromatic heterocycles. The summed E-state index contributed by atoms with van der Waals surface area (Å²) in [5, 5.41) is 6.71. The minimum absolute atomic E-state index is 0.114. The number of aryl methyl sites for hydroxylation is 2. The Labute approximate surface area is 138 Å². The largest absolute Gasteiger partial charge is 0.332 e. The number of urea groups is 1. The van der Waals surface area contributed by atoms with E-state index in [2.05, 4.69) is 20.6 Å². The van der Waals surface area contributed by atoms with Gasteiger partial charge in [0.2, 0.25) is 0 Å². The van der Waals surface area contributed by atoms with Crippen molar-refractivity contribution in [1.29, 1.82) is 0 Å². The molecule has 6 nitrogen and oxygen atoms in total. The molecule has 0 aliphatic carbocycles. The first-order chi connectivity index (χ1) is 11.0. The third-order valence-electron chi connectivity index (χ3n) is 3.60. The summed E-state index contributed by atoms with van der Waals surface area (Å²) in [6.07, 6.45) is 3.77. The van der Waals surface area contributed by atoms with Gasteiger partial charge in [0.1, 0.15) is 10.7 Å². The number of thiazole rings is 1. The molecule has 1 atom stereocenters. The van der Waals surface area contributed by atoms with Crippen LogP contribution in [0.2, 0.25) is 0 Å². The molecule has 7 heteroatoms. The van der Waals surface area contributed by atoms with Crippen molar-refractivity contribution in [3.63, 3.8) is 0 Å². The zero-order valence-electron chi connectivity index (χ0n) is 13.3. The molecule has 0 spiro atoms. The van der Waals surface area contributed by atoms with E-state index in [0.717, 1.165) is 26.9 Å². The van der Waals surface area contributed by atoms with Crippen molar-refractivity contribution in [3.05, 3.63) is 51.9 Å². The summed E-state index contributed by atoms with van der Waals surface area (Å²) in [4.78, 5) is 22.0. The second-order valence-corrected chi connectivity index (χ2v) is 6.70. The van der Waals surface area contributed by atoms with E-state index >= 15 is 0 Å². The Hall–Kier alpha value is -2.41. The van der Waals surface area contributed by atoms with Crippen molar-refractivity contribution in [1.82, 2.24) is 25.0 Å². The van der Waals surface area contributed by atoms with Crippen LogP contribution < -0.4 is 10.6 Å². The Bertz CT molecular complexity index is 838. The molecule has 0 aliphatic heterocycles. The second-order valence-electron chi connectivity index (χ2n) is 5.43. The van der Waals surface area contributed by atoms with E-state index in [1.54, 1.807) is 11.3 Å². The smallest absolute Gasteiger partial charge is 0.315 e. The molecule has 0 fully saturated rings. The fourth-order valence-corrected chi connectivity index (χ4v) is 3.20. The number of carbonyl (C=O) groups excluding carboxylic acids is 1. The normalized spacial score (nSPS) is 12.3. The number of carbonyl (C=O) groups is 1. The SMILES string of the molecule is Cc1cnc([C@H](C)NC(=O)NCc2c(C)nc3ccccn23)s1. The summed E-state index contributed by atoms with van der Waals surface area (Å²) in [5.41, 5.74) is 2.78. The first-order valence-corrected chi connectivity index (χ1v) is 8.25. The number of rotatable bonds is 4. The van der Waals surface area contributed by atoms with Gasteiger partial charge in [0, 0.05) is 17.3 Å². The molecule has 3 aromatic rings. The topological polar surface area (TPSA) is 71.3 Å². The first-order valence-electron chi connectivity index (χ1n) is 7.44. The lowest BCUT2D eigenvalue weighted by atomic mass is 10.3. The average molecular weight is 329 g/mol. The van der Waals surface area contributed by atoms with Crippen LogP contribution in [0.25, 0.3) is 5.65 Å². The Balaban J connectivity index is 1.63. The molecule has 0 aromatic carbocycles. The van der Waals surface area contributed by atoms with E-state index in [9.17, 15) is 4.79 Å². The number of hydrogen-bond donors (Lipinski definition) is 2. The molecule has 0 unspecified atom stereocenters. The van der Waals surface area contributed by atoms with Crippen molar-refractivity contribution >= 4 is 23.0 Å². The standard InChI is InChI=1S/C16H19N5OS/c1-10-8-17-15(23-10)12(3)20-16(22)18-9-13-11(2)19-14-6-4-5-7-21(13)14/h4-8,12H,9H2,1-3H3,(H2,18,20,22)/t12-/m0/s1. The highest BCUT2D eigenvalue weighted by atomic mass is 32.1. The number of fused-ring (bicyclic) bond motifs is 1. The van der Waals surface area contributed by atoms with Crippen molar-refractivity contribution in [2.75, 3.05) is 0 Å². The van der Waals surface area contributed by atoms with Crippen LogP contribution in [0, 0.1) is 13.8 Å². The lowest BCUT2D eigenvalue weighted by Gasteiger charge is -2.12. The third-order valence-corrected chi connectivity index (χ3v) is 4.70. The maximum atomic E-state index is 12.1. The van der Waals surface area contributed by atoms with Gasteiger partial charge in [-0.05, 0) is 32.9 Å². The highest BCUT2D eigenvalue weighted by molar-refractivity contribution is 7.11. The molecule has 0 saturated carbocycles. The number of nitrogens with one attached hydrogen (secondary N) is 2. The van der Waals surface area contributed by atoms with Crippen molar-refractivity contribution in [3.8, 4) is 0 Å². The molecule has 0 saturated heterocycles. The molecule has 3 rings (SSSR count). The zero-order chi connectivity index (χ0) is 16.4. The molecule has 23 heavy (non-hydrogen) atoms. The molecule has 0 bridgehead atoms. The second kappa shape index (κ2) is 6.37. The molecule has 2 N–H and O–H groups in total. The Morgan fingerprint density at radius 2 is 2.22 bits per heavy atom. The van der Waals surface area contributed by atoms with E-state index in [0.29, 0.717) is 6.54 Å². The summed E-state index contributed by atoms with van der Waals surface area (Å²) in [5.74, 6) is 0. The monoisotopic (exact) mass is 329 g/mol. The molecule has 120 valence electrons. The lowest BCUT2D eigenvalue weighted by Crippen LogP contribution is -2.36. The van der Waals surface area contributed by atoms with Crippen LogP contribution in [0.4, 0.5) is 4.79 Å². The number of nitrogens with zero attached hydrogens (tertiary/aromatic N) is 3. The van der Waals surface area contributed by atoms with Gasteiger partial charge in [-0.2, -0.15) is 0 Å². The van der Waals surface area contributed by atoms with Crippen molar-refractivity contribution in [2.45, 2.75) is 33.4 Å². The summed E-state index contributed by atoms with van der Waals surface area (Å²) in [7, 11) is 0. The fourth-order valence-electron chi connectivity index (χ4n) is 2.42. The Morgan fingerprint density at radius 1 is 1.39 bits per heavy atom. The summed E-state index contributed by atoms with van der Waals surface area (Å²) < 4.78 is 1.99. The summed E-state index contributed by atoms with van der Waals surface area (Å²) >= 11 is 1.59. The fraction of sp³-hybridized carbons (Fsp3) is 0.312. The van der Waals surface area contributed by atoms with Crippen LogP contribution in [0.15, 0.2) is 30.6 Å². The Kier molecular flexibility index (Phi) is 4.29. The molecule has 2 amide bonds. The zero-order valence-corrected chi connectivity index (χ0v) is 14.1. The number of aromatic nitrogens is 3. The van der Waals surface area contributed by atoms with Crippen molar-refractivity contribution in [2.24, 2.45) is 0 Å². The molecular weight excluding hydrogens is 310 g/mol. The van der Waals surface area contributed by atoms with Crippen LogP contribution in [0.3, 0.4) is 0 Å². The highest BCUT2D eigenvalue weighted by Gasteiger charge is 2.14. The van der Waals surface area contributed by atoms with Crippen LogP contribution in [-0.4, -0.2) is 20.4 Å². The number of amides is 2. The maximum Gasteiger partial charge on any atom is 0.315 e. The molecule has 0 radical (unpaired) electrons. The van der Waals surface area contributed by atoms with Crippen LogP contribution in [0.5, 0.6) is 0 Å². The van der Waals surface area contributed by atoms with Crippen LogP contribution >= 0.6 is 11.3 Å².